The number of rotatable bonds is 10. The van der Waals surface area contributed by atoms with E-state index in [1.165, 1.54) is 39.2 Å². The van der Waals surface area contributed by atoms with Crippen molar-refractivity contribution in [1.82, 2.24) is 9.99 Å². The molecule has 4 fully saturated rings. The number of hydrogen-bond acceptors (Lipinski definition) is 5. The van der Waals surface area contributed by atoms with Gasteiger partial charge in [0.15, 0.2) is 0 Å². The molecule has 8 nitrogen and oxygen atoms in total. The number of nitrogens with one attached hydrogen (secondary N) is 2. The summed E-state index contributed by atoms with van der Waals surface area (Å²) in [6, 6.07) is 15.6. The lowest BCUT2D eigenvalue weighted by molar-refractivity contribution is -0.140. The zero-order chi connectivity index (χ0) is 28.3. The molecule has 2 N–H and O–H groups in total. The van der Waals surface area contributed by atoms with Crippen molar-refractivity contribution in [2.24, 2.45) is 23.7 Å². The maximum atomic E-state index is 13.2. The van der Waals surface area contributed by atoms with Crippen LogP contribution in [0.25, 0.3) is 10.9 Å². The fourth-order valence-electron chi connectivity index (χ4n) is 7.64. The molecule has 2 aromatic carbocycles. The molecule has 1 aromatic heterocycles. The second kappa shape index (κ2) is 12.0. The molecule has 7 rings (SSSR count). The van der Waals surface area contributed by atoms with E-state index in [4.69, 9.17) is 9.47 Å². The van der Waals surface area contributed by atoms with Gasteiger partial charge in [-0.1, -0.05) is 36.4 Å². The number of methoxy groups -OCH3 is 1. The van der Waals surface area contributed by atoms with Crippen LogP contribution < -0.4 is 10.7 Å². The first-order valence-electron chi connectivity index (χ1n) is 15.0. The SMILES string of the molecule is COC(=O)CCCc1cn(NC(=O)O[C@H]2C3CC4CC(C3)C[C@@H]2C4)c2cc(C(=O)NCCc3ccccc3)ccc12. The van der Waals surface area contributed by atoms with Gasteiger partial charge >= 0.3 is 12.1 Å². The molecule has 4 aliphatic rings. The summed E-state index contributed by atoms with van der Waals surface area (Å²) in [6.45, 7) is 0.524. The van der Waals surface area contributed by atoms with Crippen LogP contribution in [0.4, 0.5) is 4.79 Å². The Morgan fingerprint density at radius 2 is 1.66 bits per heavy atom. The molecule has 0 unspecified atom stereocenters. The third-order valence-corrected chi connectivity index (χ3v) is 9.34. The monoisotopic (exact) mass is 557 g/mol. The van der Waals surface area contributed by atoms with E-state index >= 15 is 0 Å². The Hall–Kier alpha value is -3.81. The molecule has 0 aliphatic heterocycles. The lowest BCUT2D eigenvalue weighted by Crippen LogP contribution is -2.50. The minimum absolute atomic E-state index is 0.0184. The Morgan fingerprint density at radius 3 is 2.37 bits per heavy atom. The van der Waals surface area contributed by atoms with Crippen LogP contribution in [0.15, 0.2) is 54.7 Å². The first-order valence-corrected chi connectivity index (χ1v) is 15.0. The van der Waals surface area contributed by atoms with Crippen molar-refractivity contribution in [3.8, 4) is 0 Å². The first kappa shape index (κ1) is 27.4. The predicted octanol–water partition coefficient (Wildman–Crippen LogP) is 5.61. The normalized spacial score (nSPS) is 24.3. The Balaban J connectivity index is 1.17. The number of carbonyl (C=O) groups is 3. The summed E-state index contributed by atoms with van der Waals surface area (Å²) >= 11 is 0. The van der Waals surface area contributed by atoms with Crippen LogP contribution in [0, 0.1) is 23.7 Å². The van der Waals surface area contributed by atoms with Gasteiger partial charge < -0.3 is 14.8 Å². The Morgan fingerprint density at radius 1 is 0.927 bits per heavy atom. The molecule has 4 aliphatic carbocycles. The van der Waals surface area contributed by atoms with Crippen molar-refractivity contribution in [2.75, 3.05) is 19.1 Å². The third-order valence-electron chi connectivity index (χ3n) is 9.34. The fourth-order valence-corrected chi connectivity index (χ4v) is 7.64. The van der Waals surface area contributed by atoms with Crippen molar-refractivity contribution in [2.45, 2.75) is 63.9 Å². The predicted molar refractivity (Wildman–Crippen MR) is 156 cm³/mol. The number of nitrogens with zero attached hydrogens (tertiary/aromatic N) is 1. The molecule has 4 saturated carbocycles. The molecule has 41 heavy (non-hydrogen) atoms. The van der Waals surface area contributed by atoms with Gasteiger partial charge in [0.2, 0.25) is 0 Å². The summed E-state index contributed by atoms with van der Waals surface area (Å²) in [7, 11) is 1.39. The van der Waals surface area contributed by atoms with Crippen LogP contribution in [-0.4, -0.2) is 42.4 Å². The van der Waals surface area contributed by atoms with Gasteiger partial charge in [-0.25, -0.2) is 10.2 Å². The summed E-state index contributed by atoms with van der Waals surface area (Å²) in [4.78, 5) is 37.9. The number of aryl methyl sites for hydroxylation is 1. The molecule has 0 atom stereocenters. The molecule has 4 bridgehead atoms. The molecule has 1 heterocycles. The summed E-state index contributed by atoms with van der Waals surface area (Å²) in [5, 5.41) is 3.93. The van der Waals surface area contributed by atoms with Gasteiger partial charge in [-0.2, -0.15) is 0 Å². The number of ether oxygens (including phenoxy) is 2. The first-order chi connectivity index (χ1) is 20.0. The number of fused-ring (bicyclic) bond motifs is 1. The second-order valence-corrected chi connectivity index (χ2v) is 12.1. The number of carbonyl (C=O) groups excluding carboxylic acids is 3. The van der Waals surface area contributed by atoms with Gasteiger partial charge in [0.05, 0.1) is 12.6 Å². The largest absolute Gasteiger partial charge is 0.469 e. The summed E-state index contributed by atoms with van der Waals surface area (Å²) in [5.74, 6) is 2.13. The standard InChI is InChI=1S/C33H39N3O5/c1-40-30(37)9-5-8-25-20-36(35-33(39)41-31-26-15-22-14-23(17-26)18-27(31)16-22)29-19-24(10-11-28(25)29)32(38)34-13-12-21-6-3-2-4-7-21/h2-4,6-7,10-11,19-20,22-23,26-27,31H,5,8-9,12-18H2,1H3,(H,34,38)(H,35,39)/t22?,23?,26-,27?,31-/m1/s1. The lowest BCUT2D eigenvalue weighted by atomic mass is 9.55. The zero-order valence-corrected chi connectivity index (χ0v) is 23.6. The molecular formula is C33H39N3O5. The van der Waals surface area contributed by atoms with Crippen molar-refractivity contribution in [3.05, 3.63) is 71.4 Å². The average molecular weight is 558 g/mol. The van der Waals surface area contributed by atoms with E-state index < -0.39 is 6.09 Å². The highest BCUT2D eigenvalue weighted by molar-refractivity contribution is 5.99. The van der Waals surface area contributed by atoms with E-state index in [2.05, 4.69) is 10.7 Å². The smallest absolute Gasteiger partial charge is 0.426 e. The molecular weight excluding hydrogens is 518 g/mol. The van der Waals surface area contributed by atoms with Crippen LogP contribution >= 0.6 is 0 Å². The summed E-state index contributed by atoms with van der Waals surface area (Å²) < 4.78 is 12.5. The molecule has 0 saturated heterocycles. The van der Waals surface area contributed by atoms with E-state index in [0.717, 1.165) is 40.3 Å². The van der Waals surface area contributed by atoms with E-state index in [1.54, 1.807) is 16.8 Å². The third kappa shape index (κ3) is 6.11. The van der Waals surface area contributed by atoms with Gasteiger partial charge in [-0.05, 0) is 98.3 Å². The zero-order valence-electron chi connectivity index (χ0n) is 23.6. The quantitative estimate of drug-likeness (QED) is 0.316. The molecule has 8 heteroatoms. The molecule has 0 radical (unpaired) electrons. The number of hydrogen-bond donors (Lipinski definition) is 2. The minimum Gasteiger partial charge on any atom is -0.469 e. The Bertz CT molecular complexity index is 1390. The van der Waals surface area contributed by atoms with Crippen LogP contribution in [0.2, 0.25) is 0 Å². The maximum Gasteiger partial charge on any atom is 0.426 e. The van der Waals surface area contributed by atoms with E-state index in [1.807, 2.05) is 42.6 Å². The van der Waals surface area contributed by atoms with Gasteiger partial charge in [0, 0.05) is 30.1 Å². The highest BCUT2D eigenvalue weighted by Gasteiger charge is 2.50. The van der Waals surface area contributed by atoms with Gasteiger partial charge in [-0.15, -0.1) is 0 Å². The summed E-state index contributed by atoms with van der Waals surface area (Å²) in [5.41, 5.74) is 6.32. The number of benzene rings is 2. The van der Waals surface area contributed by atoms with Gasteiger partial charge in [0.25, 0.3) is 5.91 Å². The lowest BCUT2D eigenvalue weighted by Gasteiger charge is -2.53. The van der Waals surface area contributed by atoms with E-state index in [9.17, 15) is 14.4 Å². The van der Waals surface area contributed by atoms with Crippen molar-refractivity contribution in [1.29, 1.82) is 0 Å². The van der Waals surface area contributed by atoms with E-state index in [0.29, 0.717) is 43.2 Å². The van der Waals surface area contributed by atoms with Crippen LogP contribution in [0.3, 0.4) is 0 Å². The number of aromatic nitrogens is 1. The minimum atomic E-state index is -0.460. The van der Waals surface area contributed by atoms with Crippen LogP contribution in [-0.2, 0) is 27.1 Å². The molecule has 3 aromatic rings. The molecule has 0 spiro atoms. The average Bonchev–Trinajstić information content (AvgIpc) is 3.31. The van der Waals surface area contributed by atoms with Crippen molar-refractivity contribution >= 4 is 28.9 Å². The highest BCUT2D eigenvalue weighted by atomic mass is 16.6. The second-order valence-electron chi connectivity index (χ2n) is 12.1. The van der Waals surface area contributed by atoms with Crippen molar-refractivity contribution < 1.29 is 23.9 Å². The highest BCUT2D eigenvalue weighted by Crippen LogP contribution is 2.54. The van der Waals surface area contributed by atoms with Crippen molar-refractivity contribution in [3.63, 3.8) is 0 Å². The Labute approximate surface area is 240 Å². The van der Waals surface area contributed by atoms with Crippen LogP contribution in [0.5, 0.6) is 0 Å². The number of amides is 2. The molecule has 2 amide bonds. The van der Waals surface area contributed by atoms with E-state index in [-0.39, 0.29) is 18.0 Å². The van der Waals surface area contributed by atoms with Crippen LogP contribution in [0.1, 0.15) is 66.4 Å². The molecule has 216 valence electrons. The topological polar surface area (TPSA) is 98.7 Å². The Kier molecular flexibility index (Phi) is 7.99. The van der Waals surface area contributed by atoms with Gasteiger partial charge in [0.1, 0.15) is 6.10 Å². The fraction of sp³-hybridized carbons (Fsp3) is 0.485. The van der Waals surface area contributed by atoms with Gasteiger partial charge in [-0.3, -0.25) is 14.3 Å². The maximum absolute atomic E-state index is 13.2. The summed E-state index contributed by atoms with van der Waals surface area (Å²) in [6.07, 6.45) is 9.73. The number of esters is 1.